The van der Waals surface area contributed by atoms with Gasteiger partial charge in [0.2, 0.25) is 0 Å². The average Bonchev–Trinajstić information content (AvgIpc) is 2.74. The van der Waals surface area contributed by atoms with E-state index >= 15 is 0 Å². The fourth-order valence-corrected chi connectivity index (χ4v) is 2.97. The summed E-state index contributed by atoms with van der Waals surface area (Å²) < 4.78 is 10.9. The molecule has 3 N–H and O–H groups in total. The van der Waals surface area contributed by atoms with Crippen LogP contribution in [0.5, 0.6) is 5.75 Å². The highest BCUT2D eigenvalue weighted by Gasteiger charge is 2.03. The summed E-state index contributed by atoms with van der Waals surface area (Å²) in [5.74, 6) is 0.932. The molecule has 5 nitrogen and oxygen atoms in total. The molecule has 6 heteroatoms. The molecule has 0 saturated carbocycles. The number of anilines is 1. The summed E-state index contributed by atoms with van der Waals surface area (Å²) in [6.45, 7) is 1.65. The Morgan fingerprint density at radius 1 is 0.931 bits per heavy atom. The Labute approximate surface area is 176 Å². The Morgan fingerprint density at radius 3 is 2.24 bits per heavy atom. The zero-order valence-electron chi connectivity index (χ0n) is 16.3. The molecule has 0 atom stereocenters. The number of benzene rings is 3. The summed E-state index contributed by atoms with van der Waals surface area (Å²) in [4.78, 5) is 4.37. The van der Waals surface area contributed by atoms with Crippen LogP contribution < -0.4 is 15.8 Å². The molecular weight excluding hydrogens is 386 g/mol. The van der Waals surface area contributed by atoms with Gasteiger partial charge in [0.15, 0.2) is 5.96 Å². The third-order valence-electron chi connectivity index (χ3n) is 4.26. The van der Waals surface area contributed by atoms with Crippen LogP contribution in [0.25, 0.3) is 0 Å². The highest BCUT2D eigenvalue weighted by atomic mass is 35.5. The van der Waals surface area contributed by atoms with Gasteiger partial charge >= 0.3 is 0 Å². The van der Waals surface area contributed by atoms with Crippen molar-refractivity contribution in [3.05, 3.63) is 94.5 Å². The molecule has 0 amide bonds. The molecule has 0 aliphatic rings. The first kappa shape index (κ1) is 20.7. The topological polar surface area (TPSA) is 68.9 Å². The molecule has 29 heavy (non-hydrogen) atoms. The quantitative estimate of drug-likeness (QED) is 0.406. The number of guanidine groups is 1. The fraction of sp³-hybridized carbons (Fsp3) is 0.174. The van der Waals surface area contributed by atoms with E-state index in [1.807, 2.05) is 48.5 Å². The molecule has 0 saturated heterocycles. The number of halogens is 1. The molecule has 0 unspecified atom stereocenters. The van der Waals surface area contributed by atoms with Gasteiger partial charge in [0.05, 0.1) is 31.9 Å². The number of aliphatic imine (C=N–C) groups is 1. The van der Waals surface area contributed by atoms with Gasteiger partial charge in [0, 0.05) is 5.69 Å². The van der Waals surface area contributed by atoms with E-state index in [-0.39, 0.29) is 0 Å². The molecule has 3 rings (SSSR count). The Hall–Kier alpha value is -3.02. The number of nitrogens with one attached hydrogen (secondary N) is 1. The standard InChI is InChI=1S/C23H24ClN3O2/c1-28-22-12-11-20(13-21(22)24)27-23(25)26-14-17-7-9-19(10-8-17)16-29-15-18-5-3-2-4-6-18/h2-13H,14-16H2,1H3,(H3,25,26,27). The van der Waals surface area contributed by atoms with Gasteiger partial charge in [-0.05, 0) is 34.9 Å². The lowest BCUT2D eigenvalue weighted by molar-refractivity contribution is 0.107. The Bertz CT molecular complexity index is 944. The van der Waals surface area contributed by atoms with Crippen molar-refractivity contribution in [2.45, 2.75) is 19.8 Å². The minimum atomic E-state index is 0.321. The number of nitrogens with zero attached hydrogens (tertiary/aromatic N) is 1. The van der Waals surface area contributed by atoms with Crippen LogP contribution in [0.2, 0.25) is 5.02 Å². The average molecular weight is 410 g/mol. The summed E-state index contributed by atoms with van der Waals surface area (Å²) in [7, 11) is 1.57. The van der Waals surface area contributed by atoms with Gasteiger partial charge < -0.3 is 20.5 Å². The van der Waals surface area contributed by atoms with Crippen molar-refractivity contribution in [2.75, 3.05) is 12.4 Å². The second-order valence-corrected chi connectivity index (χ2v) is 6.88. The van der Waals surface area contributed by atoms with E-state index in [0.29, 0.717) is 36.5 Å². The lowest BCUT2D eigenvalue weighted by Crippen LogP contribution is -2.22. The number of nitrogens with two attached hydrogens (primary N) is 1. The van der Waals surface area contributed by atoms with Gasteiger partial charge in [0.1, 0.15) is 5.75 Å². The van der Waals surface area contributed by atoms with Crippen molar-refractivity contribution in [3.8, 4) is 5.75 Å². The predicted molar refractivity (Wildman–Crippen MR) is 118 cm³/mol. The van der Waals surface area contributed by atoms with Crippen molar-refractivity contribution in [1.82, 2.24) is 0 Å². The molecule has 0 fully saturated rings. The summed E-state index contributed by atoms with van der Waals surface area (Å²) in [6.07, 6.45) is 0. The molecule has 0 heterocycles. The number of methoxy groups -OCH3 is 1. The second kappa shape index (κ2) is 10.5. The van der Waals surface area contributed by atoms with Crippen LogP contribution in [-0.4, -0.2) is 13.1 Å². The monoisotopic (exact) mass is 409 g/mol. The van der Waals surface area contributed by atoms with E-state index in [0.717, 1.165) is 16.8 Å². The SMILES string of the molecule is COc1ccc(NC(N)=NCc2ccc(COCc3ccccc3)cc2)cc1Cl. The van der Waals surface area contributed by atoms with Crippen LogP contribution >= 0.6 is 11.6 Å². The minimum absolute atomic E-state index is 0.321. The largest absolute Gasteiger partial charge is 0.495 e. The normalized spacial score (nSPS) is 11.3. The molecule has 3 aromatic carbocycles. The maximum Gasteiger partial charge on any atom is 0.193 e. The minimum Gasteiger partial charge on any atom is -0.495 e. The van der Waals surface area contributed by atoms with Crippen molar-refractivity contribution in [3.63, 3.8) is 0 Å². The summed E-state index contributed by atoms with van der Waals surface area (Å²) in [5.41, 5.74) is 10.1. The Morgan fingerprint density at radius 2 is 1.59 bits per heavy atom. The zero-order chi connectivity index (χ0) is 20.5. The van der Waals surface area contributed by atoms with Gasteiger partial charge in [-0.1, -0.05) is 66.2 Å². The highest BCUT2D eigenvalue weighted by Crippen LogP contribution is 2.27. The molecule has 0 radical (unpaired) electrons. The van der Waals surface area contributed by atoms with E-state index in [1.165, 1.54) is 5.56 Å². The maximum absolute atomic E-state index is 6.12. The third kappa shape index (κ3) is 6.52. The molecule has 3 aromatic rings. The predicted octanol–water partition coefficient (Wildman–Crippen LogP) is 4.99. The Balaban J connectivity index is 1.48. The smallest absolute Gasteiger partial charge is 0.193 e. The van der Waals surface area contributed by atoms with Crippen LogP contribution in [0.1, 0.15) is 16.7 Å². The van der Waals surface area contributed by atoms with Crippen LogP contribution in [-0.2, 0) is 24.5 Å². The van der Waals surface area contributed by atoms with Crippen molar-refractivity contribution >= 4 is 23.2 Å². The molecule has 0 spiro atoms. The second-order valence-electron chi connectivity index (χ2n) is 6.47. The van der Waals surface area contributed by atoms with E-state index in [4.69, 9.17) is 26.8 Å². The van der Waals surface area contributed by atoms with Crippen LogP contribution in [0, 0.1) is 0 Å². The van der Waals surface area contributed by atoms with E-state index in [2.05, 4.69) is 22.4 Å². The molecule has 150 valence electrons. The number of hydrogen-bond acceptors (Lipinski definition) is 3. The molecule has 0 aromatic heterocycles. The van der Waals surface area contributed by atoms with E-state index in [9.17, 15) is 0 Å². The summed E-state index contributed by atoms with van der Waals surface area (Å²) >= 11 is 6.12. The first-order valence-corrected chi connectivity index (χ1v) is 9.62. The molecular formula is C23H24ClN3O2. The van der Waals surface area contributed by atoms with Gasteiger partial charge in [-0.2, -0.15) is 0 Å². The molecule has 0 aliphatic heterocycles. The zero-order valence-corrected chi connectivity index (χ0v) is 17.0. The lowest BCUT2D eigenvalue weighted by Gasteiger charge is -2.09. The van der Waals surface area contributed by atoms with Crippen molar-refractivity contribution in [2.24, 2.45) is 10.7 Å². The molecule has 0 aliphatic carbocycles. The van der Waals surface area contributed by atoms with Crippen LogP contribution in [0.3, 0.4) is 0 Å². The highest BCUT2D eigenvalue weighted by molar-refractivity contribution is 6.32. The first-order valence-electron chi connectivity index (χ1n) is 9.24. The van der Waals surface area contributed by atoms with E-state index in [1.54, 1.807) is 19.2 Å². The molecule has 0 bridgehead atoms. The number of hydrogen-bond donors (Lipinski definition) is 2. The van der Waals surface area contributed by atoms with Crippen LogP contribution in [0.15, 0.2) is 77.8 Å². The first-order chi connectivity index (χ1) is 14.1. The number of ether oxygens (including phenoxy) is 2. The Kier molecular flexibility index (Phi) is 7.50. The van der Waals surface area contributed by atoms with Gasteiger partial charge in [-0.25, -0.2) is 4.99 Å². The van der Waals surface area contributed by atoms with E-state index < -0.39 is 0 Å². The maximum atomic E-state index is 6.12. The van der Waals surface area contributed by atoms with Crippen molar-refractivity contribution < 1.29 is 9.47 Å². The van der Waals surface area contributed by atoms with Gasteiger partial charge in [-0.3, -0.25) is 0 Å². The van der Waals surface area contributed by atoms with Crippen molar-refractivity contribution in [1.29, 1.82) is 0 Å². The van der Waals surface area contributed by atoms with Crippen LogP contribution in [0.4, 0.5) is 5.69 Å². The van der Waals surface area contributed by atoms with Gasteiger partial charge in [0.25, 0.3) is 0 Å². The summed E-state index contributed by atoms with van der Waals surface area (Å²) in [6, 6.07) is 23.6. The number of rotatable bonds is 8. The fourth-order valence-electron chi connectivity index (χ4n) is 2.71. The van der Waals surface area contributed by atoms with Gasteiger partial charge in [-0.15, -0.1) is 0 Å². The third-order valence-corrected chi connectivity index (χ3v) is 4.55. The summed E-state index contributed by atoms with van der Waals surface area (Å²) in [5, 5.41) is 3.54. The lowest BCUT2D eigenvalue weighted by atomic mass is 10.1.